The lowest BCUT2D eigenvalue weighted by Crippen LogP contribution is -2.23. The number of benzene rings is 2. The fourth-order valence-electron chi connectivity index (χ4n) is 1.71. The summed E-state index contributed by atoms with van der Waals surface area (Å²) in [5.74, 6) is -0.715. The SMILES string of the molecule is O=C(NO)c1ccc(CNC(=O)c2ccccc2)cc1. The first-order chi connectivity index (χ1) is 9.70. The van der Waals surface area contributed by atoms with E-state index < -0.39 is 5.91 Å². The van der Waals surface area contributed by atoms with Crippen LogP contribution >= 0.6 is 0 Å². The standard InChI is InChI=1S/C15H14N2O3/c18-14(12-4-2-1-3-5-12)16-10-11-6-8-13(9-7-11)15(19)17-20/h1-9,20H,10H2,(H,16,18)(H,17,19). The number of carbonyl (C=O) groups excluding carboxylic acids is 2. The van der Waals surface area contributed by atoms with Crippen LogP contribution in [0.25, 0.3) is 0 Å². The lowest BCUT2D eigenvalue weighted by atomic mass is 10.1. The Morgan fingerprint density at radius 3 is 2.05 bits per heavy atom. The molecule has 0 atom stereocenters. The monoisotopic (exact) mass is 270 g/mol. The van der Waals surface area contributed by atoms with E-state index in [1.165, 1.54) is 0 Å². The third-order valence-electron chi connectivity index (χ3n) is 2.81. The van der Waals surface area contributed by atoms with E-state index in [0.29, 0.717) is 17.7 Å². The predicted molar refractivity (Wildman–Crippen MR) is 73.3 cm³/mol. The van der Waals surface area contributed by atoms with Crippen LogP contribution in [0, 0.1) is 0 Å². The zero-order valence-corrected chi connectivity index (χ0v) is 10.7. The first-order valence-corrected chi connectivity index (χ1v) is 6.07. The maximum atomic E-state index is 11.8. The summed E-state index contributed by atoms with van der Waals surface area (Å²) in [6, 6.07) is 15.5. The number of hydrogen-bond donors (Lipinski definition) is 3. The van der Waals surface area contributed by atoms with Crippen molar-refractivity contribution in [3.05, 3.63) is 71.3 Å². The normalized spacial score (nSPS) is 9.85. The van der Waals surface area contributed by atoms with Crippen molar-refractivity contribution < 1.29 is 14.8 Å². The fraction of sp³-hybridized carbons (Fsp3) is 0.0667. The van der Waals surface area contributed by atoms with Gasteiger partial charge < -0.3 is 5.32 Å². The Bertz CT molecular complexity index is 594. The van der Waals surface area contributed by atoms with E-state index in [1.807, 2.05) is 6.07 Å². The van der Waals surface area contributed by atoms with Crippen molar-refractivity contribution >= 4 is 11.8 Å². The van der Waals surface area contributed by atoms with Crippen molar-refractivity contribution in [3.8, 4) is 0 Å². The highest BCUT2D eigenvalue weighted by atomic mass is 16.5. The van der Waals surface area contributed by atoms with Crippen LogP contribution in [0.5, 0.6) is 0 Å². The maximum absolute atomic E-state index is 11.8. The topological polar surface area (TPSA) is 78.4 Å². The Morgan fingerprint density at radius 2 is 1.45 bits per heavy atom. The Kier molecular flexibility index (Phi) is 4.47. The van der Waals surface area contributed by atoms with Gasteiger partial charge in [0.05, 0.1) is 0 Å². The summed E-state index contributed by atoms with van der Waals surface area (Å²) in [5, 5.41) is 11.3. The zero-order valence-electron chi connectivity index (χ0n) is 10.7. The third kappa shape index (κ3) is 3.43. The quantitative estimate of drug-likeness (QED) is 0.585. The van der Waals surface area contributed by atoms with Crippen molar-refractivity contribution in [2.75, 3.05) is 0 Å². The summed E-state index contributed by atoms with van der Waals surface area (Å²) in [6.07, 6.45) is 0. The van der Waals surface area contributed by atoms with Gasteiger partial charge >= 0.3 is 0 Å². The zero-order chi connectivity index (χ0) is 14.4. The Labute approximate surface area is 116 Å². The molecule has 0 bridgehead atoms. The molecule has 0 spiro atoms. The van der Waals surface area contributed by atoms with Gasteiger partial charge in [0.2, 0.25) is 0 Å². The molecule has 0 aliphatic heterocycles. The van der Waals surface area contributed by atoms with Gasteiger partial charge in [-0.2, -0.15) is 0 Å². The molecule has 0 saturated heterocycles. The third-order valence-corrected chi connectivity index (χ3v) is 2.81. The number of nitrogens with one attached hydrogen (secondary N) is 2. The molecule has 2 amide bonds. The molecule has 5 heteroatoms. The van der Waals surface area contributed by atoms with E-state index >= 15 is 0 Å². The number of rotatable bonds is 4. The molecular formula is C15H14N2O3. The number of hydrogen-bond acceptors (Lipinski definition) is 3. The molecule has 3 N–H and O–H groups in total. The molecule has 0 heterocycles. The molecule has 0 unspecified atom stereocenters. The van der Waals surface area contributed by atoms with Crippen LogP contribution in [-0.4, -0.2) is 17.0 Å². The van der Waals surface area contributed by atoms with E-state index in [0.717, 1.165) is 5.56 Å². The van der Waals surface area contributed by atoms with Gasteiger partial charge in [0.1, 0.15) is 0 Å². The number of amides is 2. The molecular weight excluding hydrogens is 256 g/mol. The molecule has 0 fully saturated rings. The Hall–Kier alpha value is -2.66. The lowest BCUT2D eigenvalue weighted by Gasteiger charge is -2.06. The second-order valence-electron chi connectivity index (χ2n) is 4.19. The summed E-state index contributed by atoms with van der Waals surface area (Å²) in [5.41, 5.74) is 3.38. The first kappa shape index (κ1) is 13.8. The first-order valence-electron chi connectivity index (χ1n) is 6.07. The van der Waals surface area contributed by atoms with Crippen LogP contribution in [-0.2, 0) is 6.54 Å². The van der Waals surface area contributed by atoms with Crippen LogP contribution in [0.15, 0.2) is 54.6 Å². The van der Waals surface area contributed by atoms with Crippen LogP contribution in [0.2, 0.25) is 0 Å². The summed E-state index contributed by atoms with van der Waals surface area (Å²) in [6.45, 7) is 0.370. The van der Waals surface area contributed by atoms with Crippen LogP contribution in [0.3, 0.4) is 0 Å². The molecule has 0 aromatic heterocycles. The molecule has 20 heavy (non-hydrogen) atoms. The van der Waals surface area contributed by atoms with Gasteiger partial charge in [-0.1, -0.05) is 30.3 Å². The second kappa shape index (κ2) is 6.49. The molecule has 2 rings (SSSR count). The molecule has 2 aromatic carbocycles. The highest BCUT2D eigenvalue weighted by molar-refractivity contribution is 5.94. The van der Waals surface area contributed by atoms with Crippen molar-refractivity contribution in [1.29, 1.82) is 0 Å². The van der Waals surface area contributed by atoms with Crippen LogP contribution in [0.4, 0.5) is 0 Å². The lowest BCUT2D eigenvalue weighted by molar-refractivity contribution is 0.0706. The highest BCUT2D eigenvalue weighted by Gasteiger charge is 2.05. The van der Waals surface area contributed by atoms with E-state index in [9.17, 15) is 9.59 Å². The van der Waals surface area contributed by atoms with Gasteiger partial charge in [-0.25, -0.2) is 5.48 Å². The summed E-state index contributed by atoms with van der Waals surface area (Å²) >= 11 is 0. The molecule has 0 radical (unpaired) electrons. The number of hydroxylamine groups is 1. The van der Waals surface area contributed by atoms with E-state index in [2.05, 4.69) is 5.32 Å². The molecule has 5 nitrogen and oxygen atoms in total. The summed E-state index contributed by atoms with van der Waals surface area (Å²) < 4.78 is 0. The largest absolute Gasteiger partial charge is 0.348 e. The van der Waals surface area contributed by atoms with Crippen LogP contribution < -0.4 is 10.8 Å². The van der Waals surface area contributed by atoms with E-state index in [1.54, 1.807) is 54.0 Å². The van der Waals surface area contributed by atoms with E-state index in [-0.39, 0.29) is 5.91 Å². The van der Waals surface area contributed by atoms with Crippen molar-refractivity contribution in [1.82, 2.24) is 10.8 Å². The molecule has 2 aromatic rings. The van der Waals surface area contributed by atoms with Crippen molar-refractivity contribution in [3.63, 3.8) is 0 Å². The average molecular weight is 270 g/mol. The molecule has 0 aliphatic rings. The second-order valence-corrected chi connectivity index (χ2v) is 4.19. The average Bonchev–Trinajstić information content (AvgIpc) is 2.53. The molecule has 102 valence electrons. The fourth-order valence-corrected chi connectivity index (χ4v) is 1.71. The van der Waals surface area contributed by atoms with E-state index in [4.69, 9.17) is 5.21 Å². The maximum Gasteiger partial charge on any atom is 0.274 e. The Balaban J connectivity index is 1.94. The Morgan fingerprint density at radius 1 is 0.850 bits per heavy atom. The van der Waals surface area contributed by atoms with Gasteiger partial charge in [-0.05, 0) is 29.8 Å². The minimum absolute atomic E-state index is 0.150. The summed E-state index contributed by atoms with van der Waals surface area (Å²) in [4.78, 5) is 23.0. The van der Waals surface area contributed by atoms with Crippen LogP contribution in [0.1, 0.15) is 26.3 Å². The minimum atomic E-state index is -0.565. The van der Waals surface area contributed by atoms with Gasteiger partial charge in [0.25, 0.3) is 11.8 Å². The van der Waals surface area contributed by atoms with Gasteiger partial charge in [-0.15, -0.1) is 0 Å². The van der Waals surface area contributed by atoms with Gasteiger partial charge in [0.15, 0.2) is 0 Å². The van der Waals surface area contributed by atoms with Gasteiger partial charge in [0, 0.05) is 17.7 Å². The smallest absolute Gasteiger partial charge is 0.274 e. The molecule has 0 saturated carbocycles. The summed E-state index contributed by atoms with van der Waals surface area (Å²) in [7, 11) is 0. The van der Waals surface area contributed by atoms with Crippen molar-refractivity contribution in [2.24, 2.45) is 0 Å². The molecule has 0 aliphatic carbocycles. The van der Waals surface area contributed by atoms with Crippen molar-refractivity contribution in [2.45, 2.75) is 6.54 Å². The predicted octanol–water partition coefficient (Wildman–Crippen LogP) is 1.74. The van der Waals surface area contributed by atoms with Gasteiger partial charge in [-0.3, -0.25) is 14.8 Å². The highest BCUT2D eigenvalue weighted by Crippen LogP contribution is 2.05. The minimum Gasteiger partial charge on any atom is -0.348 e. The number of carbonyl (C=O) groups is 2.